The standard InChI is InChI=1S/C45H83NO4/c1-3-5-7-9-11-13-15-17-19-21-23-25-27-29-31-33-35-37-39-43(48)42(41-47)46-45(50)44(49)40-38-36-34-32-30-28-26-24-22-20-18-16-14-12-10-8-6-4-2/h12,14,16,18,29,31,37,39,42-44,47-49H,3-11,13,15,17,19-28,30,32-36,38,40-41H2,1-2H3,(H,46,50)/b14-12-,18-16-,31-29+,39-37+. The minimum atomic E-state index is -1.11. The molecule has 4 N–H and O–H groups in total. The Labute approximate surface area is 310 Å². The molecule has 0 fully saturated rings. The molecule has 0 aliphatic carbocycles. The highest BCUT2D eigenvalue weighted by atomic mass is 16.3. The zero-order chi connectivity index (χ0) is 36.6. The number of rotatable bonds is 38. The smallest absolute Gasteiger partial charge is 0.249 e. The Kier molecular flexibility index (Phi) is 38.7. The number of amides is 1. The van der Waals surface area contributed by atoms with Crippen LogP contribution in [0.25, 0.3) is 0 Å². The van der Waals surface area contributed by atoms with Crippen molar-refractivity contribution in [2.75, 3.05) is 6.61 Å². The minimum Gasteiger partial charge on any atom is -0.394 e. The number of aliphatic hydroxyl groups is 3. The Morgan fingerprint density at radius 2 is 0.880 bits per heavy atom. The molecule has 0 rings (SSSR count). The summed E-state index contributed by atoms with van der Waals surface area (Å²) in [5, 5.41) is 33.1. The Hall–Kier alpha value is -1.69. The first-order valence-corrected chi connectivity index (χ1v) is 21.5. The summed E-state index contributed by atoms with van der Waals surface area (Å²) in [7, 11) is 0. The molecule has 0 aromatic heterocycles. The number of hydrogen-bond acceptors (Lipinski definition) is 4. The summed E-state index contributed by atoms with van der Waals surface area (Å²) in [5.41, 5.74) is 0. The lowest BCUT2D eigenvalue weighted by atomic mass is 10.0. The quantitative estimate of drug-likeness (QED) is 0.0293. The second kappa shape index (κ2) is 40.1. The molecule has 5 heteroatoms. The molecule has 3 atom stereocenters. The molecule has 0 bridgehead atoms. The molecule has 0 heterocycles. The molecule has 0 radical (unpaired) electrons. The van der Waals surface area contributed by atoms with E-state index in [1.165, 1.54) is 148 Å². The van der Waals surface area contributed by atoms with Crippen LogP contribution in [-0.4, -0.2) is 46.1 Å². The molecule has 3 unspecified atom stereocenters. The van der Waals surface area contributed by atoms with E-state index in [4.69, 9.17) is 0 Å². The van der Waals surface area contributed by atoms with Crippen LogP contribution in [0.4, 0.5) is 0 Å². The van der Waals surface area contributed by atoms with E-state index in [0.717, 1.165) is 38.5 Å². The van der Waals surface area contributed by atoms with Crippen molar-refractivity contribution in [3.05, 3.63) is 48.6 Å². The predicted octanol–water partition coefficient (Wildman–Crippen LogP) is 12.2. The van der Waals surface area contributed by atoms with Crippen LogP contribution in [0.5, 0.6) is 0 Å². The fourth-order valence-corrected chi connectivity index (χ4v) is 6.25. The van der Waals surface area contributed by atoms with Crippen LogP contribution in [0.1, 0.15) is 206 Å². The van der Waals surface area contributed by atoms with E-state index in [1.54, 1.807) is 6.08 Å². The van der Waals surface area contributed by atoms with Gasteiger partial charge in [-0.05, 0) is 57.8 Å². The average molecular weight is 702 g/mol. The molecule has 50 heavy (non-hydrogen) atoms. The molecule has 0 aromatic carbocycles. The number of carbonyl (C=O) groups is 1. The molecular formula is C45H83NO4. The monoisotopic (exact) mass is 702 g/mol. The summed E-state index contributed by atoms with van der Waals surface area (Å²) in [6.45, 7) is 4.14. The maximum atomic E-state index is 12.4. The van der Waals surface area contributed by atoms with Gasteiger partial charge in [-0.25, -0.2) is 0 Å². The maximum absolute atomic E-state index is 12.4. The molecule has 292 valence electrons. The first kappa shape index (κ1) is 48.3. The minimum absolute atomic E-state index is 0.379. The highest BCUT2D eigenvalue weighted by Gasteiger charge is 2.22. The fraction of sp³-hybridized carbons (Fsp3) is 0.800. The summed E-state index contributed by atoms with van der Waals surface area (Å²) in [4.78, 5) is 12.4. The molecule has 5 nitrogen and oxygen atoms in total. The van der Waals surface area contributed by atoms with Gasteiger partial charge in [0.25, 0.3) is 0 Å². The Morgan fingerprint density at radius 3 is 1.38 bits per heavy atom. The lowest BCUT2D eigenvalue weighted by Crippen LogP contribution is -2.48. The van der Waals surface area contributed by atoms with Crippen LogP contribution in [0.3, 0.4) is 0 Å². The van der Waals surface area contributed by atoms with Crippen LogP contribution in [0.2, 0.25) is 0 Å². The van der Waals surface area contributed by atoms with Crippen molar-refractivity contribution >= 4 is 5.91 Å². The van der Waals surface area contributed by atoms with E-state index in [0.29, 0.717) is 6.42 Å². The molecule has 0 aromatic rings. The normalized spacial score (nSPS) is 14.1. The van der Waals surface area contributed by atoms with Crippen LogP contribution in [0.15, 0.2) is 48.6 Å². The number of allylic oxidation sites excluding steroid dienone is 7. The molecule has 0 saturated heterocycles. The number of unbranched alkanes of at least 4 members (excludes halogenated alkanes) is 25. The van der Waals surface area contributed by atoms with Gasteiger partial charge >= 0.3 is 0 Å². The third kappa shape index (κ3) is 34.7. The van der Waals surface area contributed by atoms with E-state index in [2.05, 4.69) is 55.6 Å². The third-order valence-electron chi connectivity index (χ3n) is 9.67. The van der Waals surface area contributed by atoms with Crippen molar-refractivity contribution in [2.24, 2.45) is 0 Å². The van der Waals surface area contributed by atoms with Gasteiger partial charge in [0, 0.05) is 0 Å². The topological polar surface area (TPSA) is 89.8 Å². The number of hydrogen-bond donors (Lipinski definition) is 4. The number of nitrogens with one attached hydrogen (secondary N) is 1. The lowest BCUT2D eigenvalue weighted by Gasteiger charge is -2.21. The molecular weight excluding hydrogens is 618 g/mol. The predicted molar refractivity (Wildman–Crippen MR) is 217 cm³/mol. The SMILES string of the molecule is CCCCC/C=C\C=C/CCCCCCCCCCCC(O)C(=O)NC(CO)C(O)/C=C/CC/C=C/CCCCCCCCCCCCCC. The van der Waals surface area contributed by atoms with Gasteiger partial charge in [-0.15, -0.1) is 0 Å². The van der Waals surface area contributed by atoms with Crippen LogP contribution >= 0.6 is 0 Å². The highest BCUT2D eigenvalue weighted by molar-refractivity contribution is 5.80. The van der Waals surface area contributed by atoms with Crippen molar-refractivity contribution in [3.63, 3.8) is 0 Å². The third-order valence-corrected chi connectivity index (χ3v) is 9.67. The van der Waals surface area contributed by atoms with Crippen molar-refractivity contribution in [1.29, 1.82) is 0 Å². The van der Waals surface area contributed by atoms with E-state index in [-0.39, 0.29) is 6.61 Å². The lowest BCUT2D eigenvalue weighted by molar-refractivity contribution is -0.131. The largest absolute Gasteiger partial charge is 0.394 e. The van der Waals surface area contributed by atoms with Crippen molar-refractivity contribution in [2.45, 2.75) is 225 Å². The van der Waals surface area contributed by atoms with Crippen molar-refractivity contribution in [3.8, 4) is 0 Å². The zero-order valence-electron chi connectivity index (χ0n) is 33.0. The molecule has 0 spiro atoms. The van der Waals surface area contributed by atoms with E-state index in [1.807, 2.05) is 6.08 Å². The first-order valence-electron chi connectivity index (χ1n) is 21.5. The molecule has 0 aliphatic heterocycles. The van der Waals surface area contributed by atoms with Crippen LogP contribution in [0, 0.1) is 0 Å². The molecule has 1 amide bonds. The van der Waals surface area contributed by atoms with Gasteiger partial charge in [0.2, 0.25) is 5.91 Å². The number of aliphatic hydroxyl groups excluding tert-OH is 3. The number of carbonyl (C=O) groups excluding carboxylic acids is 1. The summed E-state index contributed by atoms with van der Waals surface area (Å²) in [5.74, 6) is -0.518. The second-order valence-electron chi connectivity index (χ2n) is 14.6. The van der Waals surface area contributed by atoms with E-state index >= 15 is 0 Å². The Balaban J connectivity index is 3.75. The zero-order valence-corrected chi connectivity index (χ0v) is 33.0. The van der Waals surface area contributed by atoms with Crippen LogP contribution < -0.4 is 5.32 Å². The van der Waals surface area contributed by atoms with Crippen molar-refractivity contribution in [1.82, 2.24) is 5.32 Å². The highest BCUT2D eigenvalue weighted by Crippen LogP contribution is 2.14. The Bertz CT molecular complexity index is 820. The van der Waals surface area contributed by atoms with Gasteiger partial charge in [0.05, 0.1) is 18.8 Å². The first-order chi connectivity index (χ1) is 24.6. The summed E-state index contributed by atoms with van der Waals surface area (Å²) < 4.78 is 0. The van der Waals surface area contributed by atoms with E-state index < -0.39 is 24.2 Å². The second-order valence-corrected chi connectivity index (χ2v) is 14.6. The summed E-state index contributed by atoms with van der Waals surface area (Å²) in [6.07, 6.45) is 51.3. The Morgan fingerprint density at radius 1 is 0.500 bits per heavy atom. The van der Waals surface area contributed by atoms with Gasteiger partial charge in [-0.3, -0.25) is 4.79 Å². The summed E-state index contributed by atoms with van der Waals surface area (Å²) in [6, 6.07) is -0.817. The molecule has 0 aliphatic rings. The van der Waals surface area contributed by atoms with Crippen molar-refractivity contribution < 1.29 is 20.1 Å². The van der Waals surface area contributed by atoms with Gasteiger partial charge in [-0.2, -0.15) is 0 Å². The molecule has 0 saturated carbocycles. The van der Waals surface area contributed by atoms with Gasteiger partial charge in [0.1, 0.15) is 6.10 Å². The maximum Gasteiger partial charge on any atom is 0.249 e. The average Bonchev–Trinajstić information content (AvgIpc) is 3.12. The van der Waals surface area contributed by atoms with E-state index in [9.17, 15) is 20.1 Å². The van der Waals surface area contributed by atoms with Crippen LogP contribution in [-0.2, 0) is 4.79 Å². The summed E-state index contributed by atoms with van der Waals surface area (Å²) >= 11 is 0. The van der Waals surface area contributed by atoms with Gasteiger partial charge in [0.15, 0.2) is 0 Å². The van der Waals surface area contributed by atoms with Gasteiger partial charge in [-0.1, -0.05) is 197 Å². The van der Waals surface area contributed by atoms with Gasteiger partial charge < -0.3 is 20.6 Å². The fourth-order valence-electron chi connectivity index (χ4n) is 6.25.